The van der Waals surface area contributed by atoms with Gasteiger partial charge in [-0.2, -0.15) is 0 Å². The molecule has 0 aliphatic carbocycles. The standard InChI is InChI=1S/C6H9S/c1-3-4-6(2)5-7/h1,6H,4-5H2,2H3. The Morgan fingerprint density at radius 1 is 1.86 bits per heavy atom. The summed E-state index contributed by atoms with van der Waals surface area (Å²) >= 11 is 4.74. The van der Waals surface area contributed by atoms with E-state index < -0.39 is 0 Å². The zero-order valence-corrected chi connectivity index (χ0v) is 5.29. The Labute approximate surface area is 50.7 Å². The van der Waals surface area contributed by atoms with Crippen molar-refractivity contribution in [3.63, 3.8) is 0 Å². The Kier molecular flexibility index (Phi) is 4.03. The third kappa shape index (κ3) is 3.75. The summed E-state index contributed by atoms with van der Waals surface area (Å²) in [6.45, 7) is 2.06. The van der Waals surface area contributed by atoms with E-state index in [-0.39, 0.29) is 0 Å². The molecule has 7 heavy (non-hydrogen) atoms. The Morgan fingerprint density at radius 3 is 2.57 bits per heavy atom. The van der Waals surface area contributed by atoms with Crippen molar-refractivity contribution >= 4 is 12.6 Å². The SMILES string of the molecule is C#CCC(C)C[S]. The third-order valence-electron chi connectivity index (χ3n) is 0.751. The maximum absolute atomic E-state index is 5.01. The summed E-state index contributed by atoms with van der Waals surface area (Å²) in [5.41, 5.74) is 0. The minimum Gasteiger partial charge on any atom is -0.120 e. The van der Waals surface area contributed by atoms with Crippen LogP contribution < -0.4 is 0 Å². The zero-order chi connectivity index (χ0) is 5.70. The summed E-state index contributed by atoms with van der Waals surface area (Å²) in [4.78, 5) is 0. The van der Waals surface area contributed by atoms with Gasteiger partial charge in [-0.05, 0) is 5.92 Å². The normalized spacial score (nSPS) is 12.7. The van der Waals surface area contributed by atoms with Crippen LogP contribution in [0.3, 0.4) is 0 Å². The highest BCUT2D eigenvalue weighted by Crippen LogP contribution is 2.00. The number of rotatable bonds is 2. The van der Waals surface area contributed by atoms with E-state index in [1.807, 2.05) is 0 Å². The van der Waals surface area contributed by atoms with Crippen molar-refractivity contribution in [1.82, 2.24) is 0 Å². The van der Waals surface area contributed by atoms with E-state index in [9.17, 15) is 0 Å². The van der Waals surface area contributed by atoms with Gasteiger partial charge in [0.15, 0.2) is 0 Å². The molecule has 0 heterocycles. The van der Waals surface area contributed by atoms with Crippen LogP contribution in [0.15, 0.2) is 0 Å². The number of hydrogen-bond acceptors (Lipinski definition) is 0. The Hall–Kier alpha value is -0.0900. The molecule has 0 N–H and O–H groups in total. The molecule has 0 aromatic rings. The van der Waals surface area contributed by atoms with Crippen LogP contribution in [0.5, 0.6) is 0 Å². The molecule has 1 atom stereocenters. The molecule has 1 heteroatoms. The Morgan fingerprint density at radius 2 is 2.43 bits per heavy atom. The van der Waals surface area contributed by atoms with Gasteiger partial charge in [0.25, 0.3) is 0 Å². The maximum Gasteiger partial charge on any atom is 0.0120 e. The monoisotopic (exact) mass is 113 g/mol. The molecule has 1 radical (unpaired) electrons. The van der Waals surface area contributed by atoms with Crippen LogP contribution in [0.2, 0.25) is 0 Å². The average Bonchev–Trinajstić information content (AvgIpc) is 1.68. The fraction of sp³-hybridized carbons (Fsp3) is 0.667. The van der Waals surface area contributed by atoms with E-state index in [1.165, 1.54) is 0 Å². The maximum atomic E-state index is 5.01. The molecule has 0 rings (SSSR count). The van der Waals surface area contributed by atoms with Crippen LogP contribution in [0.4, 0.5) is 0 Å². The lowest BCUT2D eigenvalue weighted by Crippen LogP contribution is -1.91. The van der Waals surface area contributed by atoms with E-state index >= 15 is 0 Å². The molecule has 0 aliphatic heterocycles. The molecular weight excluding hydrogens is 104 g/mol. The van der Waals surface area contributed by atoms with Crippen LogP contribution in [0.25, 0.3) is 0 Å². The second-order valence-corrected chi connectivity index (χ2v) is 2.01. The summed E-state index contributed by atoms with van der Waals surface area (Å²) in [5, 5.41) is 0. The van der Waals surface area contributed by atoms with Crippen molar-refractivity contribution in [2.24, 2.45) is 5.92 Å². The molecule has 0 saturated carbocycles. The molecule has 0 aromatic carbocycles. The highest BCUT2D eigenvalue weighted by Gasteiger charge is 1.92. The molecule has 0 aromatic heterocycles. The second-order valence-electron chi connectivity index (χ2n) is 1.68. The topological polar surface area (TPSA) is 0 Å². The molecular formula is C6H9S. The predicted octanol–water partition coefficient (Wildman–Crippen LogP) is 1.84. The molecule has 0 aliphatic rings. The van der Waals surface area contributed by atoms with Gasteiger partial charge in [0.2, 0.25) is 0 Å². The van der Waals surface area contributed by atoms with Crippen molar-refractivity contribution in [1.29, 1.82) is 0 Å². The third-order valence-corrected chi connectivity index (χ3v) is 1.32. The first-order chi connectivity index (χ1) is 3.31. The summed E-state index contributed by atoms with van der Waals surface area (Å²) in [7, 11) is 0. The van der Waals surface area contributed by atoms with Gasteiger partial charge in [-0.25, -0.2) is 0 Å². The summed E-state index contributed by atoms with van der Waals surface area (Å²) in [6.07, 6.45) is 5.83. The van der Waals surface area contributed by atoms with Gasteiger partial charge in [-0.1, -0.05) is 19.6 Å². The fourth-order valence-corrected chi connectivity index (χ4v) is 0.378. The fourth-order valence-electron chi connectivity index (χ4n) is 0.260. The Balaban J connectivity index is 3.03. The zero-order valence-electron chi connectivity index (χ0n) is 4.48. The molecule has 39 valence electrons. The molecule has 0 fully saturated rings. The van der Waals surface area contributed by atoms with E-state index in [2.05, 4.69) is 12.8 Å². The summed E-state index contributed by atoms with van der Waals surface area (Å²) in [5.74, 6) is 3.86. The van der Waals surface area contributed by atoms with E-state index in [0.29, 0.717) is 5.92 Å². The molecule has 0 bridgehead atoms. The second kappa shape index (κ2) is 4.08. The largest absolute Gasteiger partial charge is 0.120 e. The minimum atomic E-state index is 0.528. The van der Waals surface area contributed by atoms with Gasteiger partial charge in [-0.3, -0.25) is 0 Å². The highest BCUT2D eigenvalue weighted by atomic mass is 32.1. The van der Waals surface area contributed by atoms with Gasteiger partial charge in [0.05, 0.1) is 0 Å². The lowest BCUT2D eigenvalue weighted by molar-refractivity contribution is 0.690. The number of hydrogen-bond donors (Lipinski definition) is 0. The lowest BCUT2D eigenvalue weighted by atomic mass is 10.1. The van der Waals surface area contributed by atoms with E-state index in [1.54, 1.807) is 0 Å². The van der Waals surface area contributed by atoms with Crippen molar-refractivity contribution in [3.05, 3.63) is 0 Å². The molecule has 0 saturated heterocycles. The molecule has 0 spiro atoms. The van der Waals surface area contributed by atoms with Crippen LogP contribution in [0.1, 0.15) is 13.3 Å². The summed E-state index contributed by atoms with van der Waals surface area (Å²) in [6, 6.07) is 0. The number of terminal acetylenes is 1. The first-order valence-corrected chi connectivity index (χ1v) is 2.90. The minimum absolute atomic E-state index is 0.528. The van der Waals surface area contributed by atoms with Gasteiger partial charge in [0.1, 0.15) is 0 Å². The van der Waals surface area contributed by atoms with Gasteiger partial charge >= 0.3 is 0 Å². The first kappa shape index (κ1) is 6.91. The predicted molar refractivity (Wildman–Crippen MR) is 35.1 cm³/mol. The Bertz CT molecular complexity index is 70.7. The van der Waals surface area contributed by atoms with Crippen LogP contribution in [0, 0.1) is 18.3 Å². The van der Waals surface area contributed by atoms with Crippen molar-refractivity contribution in [2.75, 3.05) is 5.75 Å². The van der Waals surface area contributed by atoms with Crippen LogP contribution in [-0.4, -0.2) is 5.75 Å². The average molecular weight is 113 g/mol. The highest BCUT2D eigenvalue weighted by molar-refractivity contribution is 7.80. The quantitative estimate of drug-likeness (QED) is 0.479. The smallest absolute Gasteiger partial charge is 0.0120 e. The van der Waals surface area contributed by atoms with Crippen molar-refractivity contribution < 1.29 is 0 Å². The van der Waals surface area contributed by atoms with Gasteiger partial charge < -0.3 is 0 Å². The first-order valence-electron chi connectivity index (χ1n) is 2.32. The molecule has 0 nitrogen and oxygen atoms in total. The van der Waals surface area contributed by atoms with Crippen LogP contribution >= 0.6 is 12.6 Å². The molecule has 1 unspecified atom stereocenters. The van der Waals surface area contributed by atoms with Gasteiger partial charge in [-0.15, -0.1) is 12.3 Å². The van der Waals surface area contributed by atoms with E-state index in [0.717, 1.165) is 12.2 Å². The van der Waals surface area contributed by atoms with E-state index in [4.69, 9.17) is 19.1 Å². The van der Waals surface area contributed by atoms with Crippen molar-refractivity contribution in [3.8, 4) is 12.3 Å². The lowest BCUT2D eigenvalue weighted by Gasteiger charge is -1.97. The van der Waals surface area contributed by atoms with Crippen molar-refractivity contribution in [2.45, 2.75) is 13.3 Å². The van der Waals surface area contributed by atoms with Crippen LogP contribution in [-0.2, 0) is 0 Å². The summed E-state index contributed by atoms with van der Waals surface area (Å²) < 4.78 is 0. The molecule has 0 amide bonds. The van der Waals surface area contributed by atoms with Gasteiger partial charge in [0, 0.05) is 12.2 Å².